The van der Waals surface area contributed by atoms with Crippen molar-refractivity contribution in [2.75, 3.05) is 37.6 Å². The lowest BCUT2D eigenvalue weighted by Gasteiger charge is -2.36. The smallest absolute Gasteiger partial charge is 0.0426 e. The molecule has 0 amide bonds. The Hall–Kier alpha value is -0.770. The van der Waals surface area contributed by atoms with E-state index >= 15 is 0 Å². The van der Waals surface area contributed by atoms with Crippen LogP contribution in [0.2, 0.25) is 5.02 Å². The first kappa shape index (κ1) is 11.7. The molecule has 1 aromatic carbocycles. The Balaban J connectivity index is 1.94. The second-order valence-electron chi connectivity index (χ2n) is 3.97. The number of halogens is 1. The maximum absolute atomic E-state index is 5.99. The van der Waals surface area contributed by atoms with Crippen LogP contribution in [0, 0.1) is 0 Å². The molecule has 0 atom stereocenters. The number of piperazine rings is 1. The van der Waals surface area contributed by atoms with E-state index < -0.39 is 0 Å². The molecule has 0 radical (unpaired) electrons. The third-order valence-corrected chi connectivity index (χ3v) is 3.07. The van der Waals surface area contributed by atoms with Gasteiger partial charge >= 0.3 is 0 Å². The van der Waals surface area contributed by atoms with Crippen molar-refractivity contribution in [1.29, 1.82) is 0 Å². The maximum atomic E-state index is 5.99. The van der Waals surface area contributed by atoms with Crippen LogP contribution in [-0.2, 0) is 0 Å². The lowest BCUT2D eigenvalue weighted by molar-refractivity contribution is 0.181. The molecule has 0 unspecified atom stereocenters. The molecular weight excluding hydrogens is 222 g/mol. The van der Waals surface area contributed by atoms with Crippen molar-refractivity contribution >= 4 is 17.3 Å². The van der Waals surface area contributed by atoms with E-state index in [4.69, 9.17) is 11.6 Å². The monoisotopic (exact) mass is 239 g/mol. The predicted octanol–water partition coefficient (Wildman–Crippen LogP) is 1.99. The zero-order chi connectivity index (χ0) is 11.4. The third kappa shape index (κ3) is 2.88. The quantitative estimate of drug-likeness (QED) is 0.871. The molecule has 1 fully saturated rings. The van der Waals surface area contributed by atoms with Crippen molar-refractivity contribution in [2.24, 2.45) is 0 Å². The van der Waals surface area contributed by atoms with E-state index in [1.165, 1.54) is 5.69 Å². The molecule has 0 spiro atoms. The first-order valence-electron chi connectivity index (χ1n) is 5.78. The number of nitrogens with zero attached hydrogens (tertiary/aromatic N) is 2. The van der Waals surface area contributed by atoms with Crippen molar-refractivity contribution in [1.82, 2.24) is 10.4 Å². The van der Waals surface area contributed by atoms with Gasteiger partial charge in [0.25, 0.3) is 0 Å². The van der Waals surface area contributed by atoms with Crippen LogP contribution in [-0.4, -0.2) is 37.7 Å². The molecule has 1 N–H and O–H groups in total. The van der Waals surface area contributed by atoms with Crippen molar-refractivity contribution < 1.29 is 0 Å². The first-order chi connectivity index (χ1) is 7.79. The third-order valence-electron chi connectivity index (χ3n) is 2.83. The Bertz CT molecular complexity index is 335. The summed E-state index contributed by atoms with van der Waals surface area (Å²) < 4.78 is 0. The summed E-state index contributed by atoms with van der Waals surface area (Å²) in [5.74, 6) is 0. The Morgan fingerprint density at radius 3 is 2.62 bits per heavy atom. The Labute approximate surface area is 102 Å². The molecule has 1 heterocycles. The second-order valence-corrected chi connectivity index (χ2v) is 4.40. The minimum atomic E-state index is 0.812. The number of hydrogen-bond donors (Lipinski definition) is 1. The largest absolute Gasteiger partial charge is 0.369 e. The van der Waals surface area contributed by atoms with Gasteiger partial charge in [0.2, 0.25) is 0 Å². The number of nitrogens with one attached hydrogen (secondary N) is 1. The molecule has 4 heteroatoms. The van der Waals surface area contributed by atoms with Gasteiger partial charge in [-0.05, 0) is 18.2 Å². The summed E-state index contributed by atoms with van der Waals surface area (Å²) >= 11 is 5.99. The Morgan fingerprint density at radius 2 is 2.00 bits per heavy atom. The lowest BCUT2D eigenvalue weighted by atomic mass is 10.2. The van der Waals surface area contributed by atoms with E-state index in [0.29, 0.717) is 0 Å². The van der Waals surface area contributed by atoms with Gasteiger partial charge in [0.15, 0.2) is 0 Å². The maximum Gasteiger partial charge on any atom is 0.0426 e. The molecule has 3 nitrogen and oxygen atoms in total. The normalized spacial score (nSPS) is 17.8. The van der Waals surface area contributed by atoms with Crippen LogP contribution < -0.4 is 10.3 Å². The minimum Gasteiger partial charge on any atom is -0.369 e. The lowest BCUT2D eigenvalue weighted by Crippen LogP contribution is -2.51. The summed E-state index contributed by atoms with van der Waals surface area (Å²) in [4.78, 5) is 2.37. The van der Waals surface area contributed by atoms with Crippen molar-refractivity contribution in [3.8, 4) is 0 Å². The Kier molecular flexibility index (Phi) is 4.04. The molecule has 2 rings (SSSR count). The van der Waals surface area contributed by atoms with Crippen LogP contribution in [0.15, 0.2) is 24.3 Å². The highest BCUT2D eigenvalue weighted by molar-refractivity contribution is 6.30. The van der Waals surface area contributed by atoms with Gasteiger partial charge in [-0.25, -0.2) is 5.01 Å². The molecule has 0 saturated carbocycles. The molecule has 1 saturated heterocycles. The molecule has 0 aliphatic carbocycles. The van der Waals surface area contributed by atoms with E-state index in [2.05, 4.69) is 28.3 Å². The van der Waals surface area contributed by atoms with E-state index in [-0.39, 0.29) is 0 Å². The van der Waals surface area contributed by atoms with Crippen molar-refractivity contribution in [2.45, 2.75) is 6.92 Å². The second kappa shape index (κ2) is 5.53. The van der Waals surface area contributed by atoms with Gasteiger partial charge < -0.3 is 4.90 Å². The van der Waals surface area contributed by atoms with Gasteiger partial charge in [0, 0.05) is 43.4 Å². The molecule has 0 aromatic heterocycles. The zero-order valence-corrected chi connectivity index (χ0v) is 10.4. The van der Waals surface area contributed by atoms with Crippen LogP contribution in [0.3, 0.4) is 0 Å². The molecule has 1 aromatic rings. The van der Waals surface area contributed by atoms with Gasteiger partial charge in [-0.2, -0.15) is 0 Å². The molecule has 1 aliphatic heterocycles. The fourth-order valence-electron chi connectivity index (χ4n) is 2.02. The summed E-state index contributed by atoms with van der Waals surface area (Å²) in [5.41, 5.74) is 4.57. The highest BCUT2D eigenvalue weighted by Crippen LogP contribution is 2.20. The van der Waals surface area contributed by atoms with E-state index in [0.717, 1.165) is 37.7 Å². The van der Waals surface area contributed by atoms with E-state index in [1.54, 1.807) is 0 Å². The summed E-state index contributed by atoms with van der Waals surface area (Å²) in [6.07, 6.45) is 0. The highest BCUT2D eigenvalue weighted by Gasteiger charge is 2.16. The fourth-order valence-corrected chi connectivity index (χ4v) is 2.20. The number of hydrogen-bond acceptors (Lipinski definition) is 3. The van der Waals surface area contributed by atoms with Crippen molar-refractivity contribution in [3.05, 3.63) is 29.3 Å². The predicted molar refractivity (Wildman–Crippen MR) is 68.9 cm³/mol. The topological polar surface area (TPSA) is 18.5 Å². The van der Waals surface area contributed by atoms with Gasteiger partial charge in [0.1, 0.15) is 0 Å². The van der Waals surface area contributed by atoms with Crippen LogP contribution in [0.4, 0.5) is 5.69 Å². The van der Waals surface area contributed by atoms with Gasteiger partial charge in [-0.3, -0.25) is 5.43 Å². The molecular formula is C12H18ClN3. The van der Waals surface area contributed by atoms with Crippen LogP contribution in [0.1, 0.15) is 6.92 Å². The summed E-state index contributed by atoms with van der Waals surface area (Å²) in [7, 11) is 0. The summed E-state index contributed by atoms with van der Waals surface area (Å²) in [5, 5.41) is 3.09. The molecule has 16 heavy (non-hydrogen) atoms. The average Bonchev–Trinajstić information content (AvgIpc) is 2.30. The van der Waals surface area contributed by atoms with Crippen LogP contribution in [0.5, 0.6) is 0 Å². The fraction of sp³-hybridized carbons (Fsp3) is 0.500. The summed E-state index contributed by atoms with van der Waals surface area (Å²) in [6, 6.07) is 8.08. The van der Waals surface area contributed by atoms with Crippen LogP contribution >= 0.6 is 11.6 Å². The zero-order valence-electron chi connectivity index (χ0n) is 9.62. The van der Waals surface area contributed by atoms with Crippen LogP contribution in [0.25, 0.3) is 0 Å². The van der Waals surface area contributed by atoms with E-state index in [1.807, 2.05) is 18.2 Å². The van der Waals surface area contributed by atoms with Gasteiger partial charge in [0.05, 0.1) is 0 Å². The van der Waals surface area contributed by atoms with E-state index in [9.17, 15) is 0 Å². The summed E-state index contributed by atoms with van der Waals surface area (Å²) in [6.45, 7) is 7.34. The number of hydrazine groups is 1. The molecule has 1 aliphatic rings. The SMILES string of the molecule is CCNN1CCN(c2cccc(Cl)c2)CC1. The number of benzene rings is 1. The van der Waals surface area contributed by atoms with Gasteiger partial charge in [-0.1, -0.05) is 24.6 Å². The first-order valence-corrected chi connectivity index (χ1v) is 6.16. The molecule has 0 bridgehead atoms. The highest BCUT2D eigenvalue weighted by atomic mass is 35.5. The van der Waals surface area contributed by atoms with Crippen molar-refractivity contribution in [3.63, 3.8) is 0 Å². The average molecular weight is 240 g/mol. The Morgan fingerprint density at radius 1 is 1.25 bits per heavy atom. The molecule has 88 valence electrons. The number of anilines is 1. The standard InChI is InChI=1S/C12H18ClN3/c1-2-14-16-8-6-15(7-9-16)12-5-3-4-11(13)10-12/h3-5,10,14H,2,6-9H2,1H3. The number of rotatable bonds is 3. The van der Waals surface area contributed by atoms with Gasteiger partial charge in [-0.15, -0.1) is 0 Å². The minimum absolute atomic E-state index is 0.812.